The van der Waals surface area contributed by atoms with Gasteiger partial charge >= 0.3 is 5.97 Å². The second-order valence-electron chi connectivity index (χ2n) is 7.72. The third-order valence-corrected chi connectivity index (χ3v) is 7.40. The van der Waals surface area contributed by atoms with Crippen molar-refractivity contribution in [3.63, 3.8) is 0 Å². The molecule has 7 atom stereocenters. The summed E-state index contributed by atoms with van der Waals surface area (Å²) in [5.74, 6) is -2.06. The van der Waals surface area contributed by atoms with Gasteiger partial charge in [-0.3, -0.25) is 4.79 Å². The van der Waals surface area contributed by atoms with E-state index in [1.54, 1.807) is 6.92 Å². The van der Waals surface area contributed by atoms with Gasteiger partial charge in [-0.05, 0) is 33.4 Å². The molecule has 2 fully saturated rings. The van der Waals surface area contributed by atoms with Gasteiger partial charge in [0.15, 0.2) is 0 Å². The number of thioether (sulfide) groups is 1. The first-order valence-electron chi connectivity index (χ1n) is 9.49. The molecule has 3 aliphatic heterocycles. The Morgan fingerprint density at radius 1 is 1.43 bits per heavy atom. The minimum Gasteiger partial charge on any atom is -0.477 e. The van der Waals surface area contributed by atoms with Crippen LogP contribution in [0.1, 0.15) is 26.7 Å². The van der Waals surface area contributed by atoms with Crippen molar-refractivity contribution in [1.29, 1.82) is 0 Å². The van der Waals surface area contributed by atoms with Gasteiger partial charge in [0, 0.05) is 28.7 Å². The van der Waals surface area contributed by atoms with E-state index >= 15 is 0 Å². The Morgan fingerprint density at radius 2 is 2.11 bits per heavy atom. The van der Waals surface area contributed by atoms with Gasteiger partial charge < -0.3 is 30.9 Å². The molecule has 3 heterocycles. The highest BCUT2D eigenvalue weighted by atomic mass is 35.5. The van der Waals surface area contributed by atoms with Crippen LogP contribution in [0.2, 0.25) is 0 Å². The molecule has 0 spiro atoms. The van der Waals surface area contributed by atoms with Crippen LogP contribution < -0.4 is 10.6 Å². The third kappa shape index (κ3) is 4.06. The Kier molecular flexibility index (Phi) is 7.80. The fourth-order valence-electron chi connectivity index (χ4n) is 4.47. The zero-order valence-electron chi connectivity index (χ0n) is 16.3. The Morgan fingerprint density at radius 3 is 2.68 bits per heavy atom. The van der Waals surface area contributed by atoms with Gasteiger partial charge in [-0.2, -0.15) is 0 Å². The van der Waals surface area contributed by atoms with Crippen LogP contribution in [0, 0.1) is 11.8 Å². The number of aliphatic carboxylic acids is 1. The molecule has 0 aromatic rings. The topological polar surface area (TPSA) is 122 Å². The van der Waals surface area contributed by atoms with Crippen LogP contribution in [0.5, 0.6) is 0 Å². The molecule has 10 heteroatoms. The fourth-order valence-corrected chi connectivity index (χ4v) is 5.96. The minimum atomic E-state index is -1.10. The molecular weight excluding hydrogens is 406 g/mol. The summed E-state index contributed by atoms with van der Waals surface area (Å²) in [5, 5.41) is 36.4. The summed E-state index contributed by atoms with van der Waals surface area (Å²) in [4.78, 5) is 26.3. The number of carbonyl (C=O) groups is 2. The maximum atomic E-state index is 12.4. The molecule has 28 heavy (non-hydrogen) atoms. The first-order chi connectivity index (χ1) is 12.8. The molecule has 7 unspecified atom stereocenters. The van der Waals surface area contributed by atoms with Crippen LogP contribution in [0.15, 0.2) is 10.6 Å². The van der Waals surface area contributed by atoms with Crippen LogP contribution in [0.4, 0.5) is 0 Å². The van der Waals surface area contributed by atoms with E-state index < -0.39 is 24.1 Å². The second-order valence-corrected chi connectivity index (χ2v) is 9.06. The van der Waals surface area contributed by atoms with Crippen LogP contribution in [0.3, 0.4) is 0 Å². The number of nitrogens with one attached hydrogen (secondary N) is 2. The SMILES string of the molecule is CNCCC(O)C1CC(SC2=C(C(=O)O)N3C(=O)C(C(C)O)C3C2C)CN1.Cl. The van der Waals surface area contributed by atoms with Gasteiger partial charge in [-0.25, -0.2) is 4.79 Å². The molecule has 3 rings (SSSR count). The number of hydrogen-bond acceptors (Lipinski definition) is 7. The van der Waals surface area contributed by atoms with Gasteiger partial charge in [0.1, 0.15) is 5.70 Å². The molecule has 160 valence electrons. The van der Waals surface area contributed by atoms with Gasteiger partial charge in [0.2, 0.25) is 5.91 Å². The van der Waals surface area contributed by atoms with Crippen LogP contribution in [0.25, 0.3) is 0 Å². The van der Waals surface area contributed by atoms with Crippen molar-refractivity contribution in [3.8, 4) is 0 Å². The highest BCUT2D eigenvalue weighted by Gasteiger charge is 2.60. The summed E-state index contributed by atoms with van der Waals surface area (Å²) in [7, 11) is 1.85. The molecule has 0 aromatic heterocycles. The van der Waals surface area contributed by atoms with E-state index in [0.717, 1.165) is 13.0 Å². The lowest BCUT2D eigenvalue weighted by Crippen LogP contribution is -2.63. The molecule has 0 radical (unpaired) electrons. The zero-order chi connectivity index (χ0) is 19.9. The second kappa shape index (κ2) is 9.32. The first kappa shape index (κ1) is 23.4. The van der Waals surface area contributed by atoms with Crippen LogP contribution in [-0.2, 0) is 9.59 Å². The van der Waals surface area contributed by atoms with E-state index in [1.165, 1.54) is 16.7 Å². The lowest BCUT2D eigenvalue weighted by Gasteiger charge is -2.46. The molecule has 0 aromatic carbocycles. The molecule has 0 saturated carbocycles. The Labute approximate surface area is 175 Å². The molecule has 0 aliphatic carbocycles. The summed E-state index contributed by atoms with van der Waals surface area (Å²) in [6.07, 6.45) is 0.168. The smallest absolute Gasteiger partial charge is 0.353 e. The molecule has 5 N–H and O–H groups in total. The Balaban J connectivity index is 0.00000280. The number of aliphatic hydroxyl groups is 2. The highest BCUT2D eigenvalue weighted by Crippen LogP contribution is 2.51. The van der Waals surface area contributed by atoms with E-state index in [9.17, 15) is 24.9 Å². The van der Waals surface area contributed by atoms with E-state index in [1.807, 2.05) is 14.0 Å². The number of hydrogen-bond donors (Lipinski definition) is 5. The molecule has 2 saturated heterocycles. The largest absolute Gasteiger partial charge is 0.477 e. The zero-order valence-corrected chi connectivity index (χ0v) is 17.9. The van der Waals surface area contributed by atoms with Crippen molar-refractivity contribution in [3.05, 3.63) is 10.6 Å². The van der Waals surface area contributed by atoms with Crippen molar-refractivity contribution in [2.45, 2.75) is 56.2 Å². The highest BCUT2D eigenvalue weighted by molar-refractivity contribution is 8.03. The fraction of sp³-hybridized carbons (Fsp3) is 0.778. The quantitative estimate of drug-likeness (QED) is 0.338. The van der Waals surface area contributed by atoms with E-state index in [2.05, 4.69) is 10.6 Å². The summed E-state index contributed by atoms with van der Waals surface area (Å²) in [6.45, 7) is 4.94. The summed E-state index contributed by atoms with van der Waals surface area (Å²) < 4.78 is 0. The lowest BCUT2D eigenvalue weighted by atomic mass is 9.79. The predicted octanol–water partition coefficient (Wildman–Crippen LogP) is -0.00400. The van der Waals surface area contributed by atoms with Crippen LogP contribution in [-0.4, -0.2) is 81.8 Å². The maximum absolute atomic E-state index is 12.4. The summed E-state index contributed by atoms with van der Waals surface area (Å²) in [6, 6.07) is -0.289. The number of nitrogens with zero attached hydrogens (tertiary/aromatic N) is 1. The average Bonchev–Trinajstić information content (AvgIpc) is 3.15. The number of halogens is 1. The number of amides is 1. The standard InChI is InChI=1S/C18H29N3O5S.ClH/c1-8-14-13(9(2)22)17(24)21(14)15(18(25)26)16(8)27-10-6-11(20-7-10)12(23)4-5-19-3;/h8-14,19-20,22-23H,4-7H2,1-3H3,(H,25,26);1H. The Hall–Kier alpha value is -0.840. The monoisotopic (exact) mass is 435 g/mol. The van der Waals surface area contributed by atoms with Crippen molar-refractivity contribution in [2.75, 3.05) is 20.1 Å². The van der Waals surface area contributed by atoms with Gasteiger partial charge in [-0.15, -0.1) is 24.2 Å². The number of rotatable bonds is 8. The molecular formula is C18H30ClN3O5S. The van der Waals surface area contributed by atoms with Gasteiger partial charge in [-0.1, -0.05) is 6.92 Å². The summed E-state index contributed by atoms with van der Waals surface area (Å²) in [5.41, 5.74) is 0.0681. The molecule has 0 bridgehead atoms. The number of fused-ring (bicyclic) bond motifs is 1. The number of carboxylic acids is 1. The van der Waals surface area contributed by atoms with Crippen molar-refractivity contribution < 1.29 is 24.9 Å². The first-order valence-corrected chi connectivity index (χ1v) is 10.4. The molecule has 8 nitrogen and oxygen atoms in total. The normalized spacial score (nSPS) is 34.0. The number of β-lactam (4-membered cyclic amide) rings is 1. The third-order valence-electron chi connectivity index (χ3n) is 5.88. The van der Waals surface area contributed by atoms with E-state index in [-0.39, 0.29) is 47.3 Å². The number of carbonyl (C=O) groups excluding carboxylic acids is 1. The van der Waals surface area contributed by atoms with Crippen molar-refractivity contribution in [1.82, 2.24) is 15.5 Å². The maximum Gasteiger partial charge on any atom is 0.353 e. The number of carboxylic acid groups (broad SMARTS) is 1. The van der Waals surface area contributed by atoms with Crippen molar-refractivity contribution >= 4 is 36.0 Å². The van der Waals surface area contributed by atoms with Crippen molar-refractivity contribution in [2.24, 2.45) is 11.8 Å². The minimum absolute atomic E-state index is 0. The van der Waals surface area contributed by atoms with Gasteiger partial charge in [0.05, 0.1) is 24.2 Å². The Bertz CT molecular complexity index is 647. The summed E-state index contributed by atoms with van der Waals surface area (Å²) >= 11 is 1.50. The number of aliphatic hydroxyl groups excluding tert-OH is 2. The van der Waals surface area contributed by atoms with Crippen LogP contribution >= 0.6 is 24.2 Å². The van der Waals surface area contributed by atoms with E-state index in [0.29, 0.717) is 17.9 Å². The van der Waals surface area contributed by atoms with E-state index in [4.69, 9.17) is 0 Å². The molecule has 1 amide bonds. The predicted molar refractivity (Wildman–Crippen MR) is 109 cm³/mol. The average molecular weight is 436 g/mol. The molecule has 3 aliphatic rings. The lowest BCUT2D eigenvalue weighted by molar-refractivity contribution is -0.163. The van der Waals surface area contributed by atoms with Gasteiger partial charge in [0.25, 0.3) is 0 Å².